The Kier molecular flexibility index (Phi) is 30.7. The molecule has 3 N–H and O–H groups in total. The molecular weight excluding hydrogens is 584 g/mol. The lowest BCUT2D eigenvalue weighted by molar-refractivity contribution is -0.160. The van der Waals surface area contributed by atoms with Crippen molar-refractivity contribution in [1.29, 1.82) is 0 Å². The molecule has 9 heteroatoms. The van der Waals surface area contributed by atoms with Crippen LogP contribution in [0.3, 0.4) is 0 Å². The smallest absolute Gasteiger partial charge is 0.322 e. The van der Waals surface area contributed by atoms with E-state index in [1.54, 1.807) is 0 Å². The molecule has 3 unspecified atom stereocenters. The van der Waals surface area contributed by atoms with E-state index in [1.807, 2.05) is 4.90 Å². The van der Waals surface area contributed by atoms with Gasteiger partial charge in [0.2, 0.25) is 0 Å². The summed E-state index contributed by atoms with van der Waals surface area (Å²) in [6.07, 6.45) is 22.2. The maximum Gasteiger partial charge on any atom is 0.322 e. The number of ether oxygens (including phenoxy) is 3. The number of nitrogens with zero attached hydrogens (tertiary/aromatic N) is 1. The molecule has 0 heterocycles. The Hall–Kier alpha value is -1.71. The molecule has 0 rings (SSSR count). The van der Waals surface area contributed by atoms with Crippen LogP contribution in [-0.4, -0.2) is 79.5 Å². The van der Waals surface area contributed by atoms with Gasteiger partial charge in [-0.15, -0.1) is 0 Å². The van der Waals surface area contributed by atoms with Gasteiger partial charge in [0.1, 0.15) is 18.8 Å². The van der Waals surface area contributed by atoms with E-state index in [0.29, 0.717) is 38.8 Å². The van der Waals surface area contributed by atoms with Crippen molar-refractivity contribution >= 4 is 17.9 Å². The highest BCUT2D eigenvalue weighted by molar-refractivity contribution is 5.75. The molecule has 0 aromatic carbocycles. The van der Waals surface area contributed by atoms with Crippen molar-refractivity contribution in [3.63, 3.8) is 0 Å². The van der Waals surface area contributed by atoms with Gasteiger partial charge in [-0.3, -0.25) is 19.3 Å². The molecule has 9 nitrogen and oxygen atoms in total. The molecule has 0 bridgehead atoms. The number of aliphatic hydroxyl groups excluding tert-OH is 1. The van der Waals surface area contributed by atoms with E-state index in [0.717, 1.165) is 44.9 Å². The normalized spacial score (nSPS) is 13.4. The molecule has 3 atom stereocenters. The fraction of sp³-hybridized carbons (Fsp3) is 0.892. The summed E-state index contributed by atoms with van der Waals surface area (Å²) in [5.41, 5.74) is 5.86. The van der Waals surface area contributed by atoms with E-state index < -0.39 is 24.2 Å². The van der Waals surface area contributed by atoms with Crippen molar-refractivity contribution in [1.82, 2.24) is 4.90 Å². The maximum absolute atomic E-state index is 12.8. The average molecular weight is 656 g/mol. The number of hydrogen-bond acceptors (Lipinski definition) is 9. The fourth-order valence-corrected chi connectivity index (χ4v) is 5.60. The number of unbranched alkanes of at least 4 members (excludes halogenated alkanes) is 17. The van der Waals surface area contributed by atoms with Gasteiger partial charge in [0, 0.05) is 25.9 Å². The van der Waals surface area contributed by atoms with E-state index in [-0.39, 0.29) is 25.1 Å². The van der Waals surface area contributed by atoms with Gasteiger partial charge < -0.3 is 25.1 Å². The van der Waals surface area contributed by atoms with Gasteiger partial charge in [0.05, 0.1) is 13.2 Å². The van der Waals surface area contributed by atoms with Crippen LogP contribution in [0.2, 0.25) is 0 Å². The first kappa shape index (κ1) is 44.3. The third-order valence-corrected chi connectivity index (χ3v) is 8.37. The number of rotatable bonds is 33. The minimum absolute atomic E-state index is 0.0171. The monoisotopic (exact) mass is 656 g/mol. The predicted octanol–water partition coefficient (Wildman–Crippen LogP) is 7.45. The predicted molar refractivity (Wildman–Crippen MR) is 186 cm³/mol. The summed E-state index contributed by atoms with van der Waals surface area (Å²) in [5, 5.41) is 10.0. The number of carbonyl (C=O) groups is 3. The molecule has 0 aliphatic rings. The van der Waals surface area contributed by atoms with E-state index in [4.69, 9.17) is 19.9 Å². The molecule has 0 spiro atoms. The second kappa shape index (κ2) is 31.9. The van der Waals surface area contributed by atoms with Crippen molar-refractivity contribution in [3.8, 4) is 0 Å². The third-order valence-electron chi connectivity index (χ3n) is 8.37. The highest BCUT2D eigenvalue weighted by atomic mass is 16.6. The summed E-state index contributed by atoms with van der Waals surface area (Å²) < 4.78 is 16.1. The summed E-state index contributed by atoms with van der Waals surface area (Å²) in [6.45, 7) is 9.31. The molecule has 46 heavy (non-hydrogen) atoms. The third kappa shape index (κ3) is 28.5. The molecular formula is C37H71N2O7. The average Bonchev–Trinajstić information content (AvgIpc) is 3.03. The van der Waals surface area contributed by atoms with Crippen LogP contribution in [0.25, 0.3) is 0 Å². The minimum Gasteiger partial charge on any atom is -0.468 e. The van der Waals surface area contributed by atoms with E-state index in [1.165, 1.54) is 84.2 Å². The molecule has 0 amide bonds. The maximum atomic E-state index is 12.8. The first-order chi connectivity index (χ1) is 22.2. The zero-order chi connectivity index (χ0) is 34.3. The quantitative estimate of drug-likeness (QED) is 0.0421. The van der Waals surface area contributed by atoms with Crippen LogP contribution >= 0.6 is 0 Å². The molecule has 0 saturated heterocycles. The Labute approximate surface area is 282 Å². The molecule has 1 radical (unpaired) electrons. The second-order valence-corrected chi connectivity index (χ2v) is 13.0. The van der Waals surface area contributed by atoms with E-state index in [9.17, 15) is 19.5 Å². The van der Waals surface area contributed by atoms with Crippen LogP contribution in [0.1, 0.15) is 162 Å². The first-order valence-electron chi connectivity index (χ1n) is 18.6. The summed E-state index contributed by atoms with van der Waals surface area (Å²) >= 11 is 0. The molecule has 271 valence electrons. The number of hydrogen-bond donors (Lipinski definition) is 2. The second-order valence-electron chi connectivity index (χ2n) is 13.0. The van der Waals surface area contributed by atoms with Gasteiger partial charge in [-0.1, -0.05) is 123 Å². The fourth-order valence-electron chi connectivity index (χ4n) is 5.60. The van der Waals surface area contributed by atoms with Crippen LogP contribution in [0.4, 0.5) is 0 Å². The van der Waals surface area contributed by atoms with Crippen LogP contribution in [-0.2, 0) is 28.6 Å². The molecule has 0 aromatic heterocycles. The number of esters is 3. The Morgan fingerprint density at radius 3 is 1.65 bits per heavy atom. The Bertz CT molecular complexity index is 735. The molecule has 0 aromatic rings. The van der Waals surface area contributed by atoms with Crippen LogP contribution in [0.15, 0.2) is 0 Å². The summed E-state index contributed by atoms with van der Waals surface area (Å²) in [5.74, 6) is -1.00. The number of nitrogens with two attached hydrogens (primary N) is 1. The Morgan fingerprint density at radius 2 is 1.17 bits per heavy atom. The van der Waals surface area contributed by atoms with Crippen LogP contribution in [0.5, 0.6) is 0 Å². The summed E-state index contributed by atoms with van der Waals surface area (Å²) in [7, 11) is 1.32. The largest absolute Gasteiger partial charge is 0.468 e. The lowest BCUT2D eigenvalue weighted by Gasteiger charge is -2.28. The minimum atomic E-state index is -0.829. The highest BCUT2D eigenvalue weighted by Crippen LogP contribution is 2.14. The number of methoxy groups -OCH3 is 1. The van der Waals surface area contributed by atoms with E-state index in [2.05, 4.69) is 20.8 Å². The van der Waals surface area contributed by atoms with Crippen LogP contribution in [0, 0.1) is 6.92 Å². The Balaban J connectivity index is 4.82. The molecule has 0 fully saturated rings. The lowest BCUT2D eigenvalue weighted by Crippen LogP contribution is -2.42. The van der Waals surface area contributed by atoms with E-state index >= 15 is 0 Å². The van der Waals surface area contributed by atoms with Gasteiger partial charge in [-0.25, -0.2) is 0 Å². The van der Waals surface area contributed by atoms with Gasteiger partial charge in [-0.2, -0.15) is 0 Å². The first-order valence-corrected chi connectivity index (χ1v) is 18.6. The van der Waals surface area contributed by atoms with Gasteiger partial charge in [-0.05, 0) is 39.2 Å². The number of aliphatic hydroxyl groups is 1. The van der Waals surface area contributed by atoms with Gasteiger partial charge in [0.25, 0.3) is 0 Å². The summed E-state index contributed by atoms with van der Waals surface area (Å²) in [6, 6.07) is -0.670. The SMILES string of the molecule is [CH2]C(O)CN(CCCCC(N)C(=O)OC)CC(COC(=O)CCCCCCCCCCC)OC(=O)CCCCCCCCCCC. The summed E-state index contributed by atoms with van der Waals surface area (Å²) in [4.78, 5) is 38.9. The van der Waals surface area contributed by atoms with Gasteiger partial charge in [0.15, 0.2) is 0 Å². The lowest BCUT2D eigenvalue weighted by atomic mass is 10.1. The highest BCUT2D eigenvalue weighted by Gasteiger charge is 2.22. The van der Waals surface area contributed by atoms with Gasteiger partial charge >= 0.3 is 17.9 Å². The molecule has 0 aliphatic heterocycles. The molecule has 0 aliphatic carbocycles. The van der Waals surface area contributed by atoms with Crippen LogP contribution < -0.4 is 5.73 Å². The van der Waals surface area contributed by atoms with Crippen molar-refractivity contribution in [2.45, 2.75) is 180 Å². The zero-order valence-electron chi connectivity index (χ0n) is 30.0. The molecule has 0 saturated carbocycles. The number of carbonyl (C=O) groups excluding carboxylic acids is 3. The zero-order valence-corrected chi connectivity index (χ0v) is 30.0. The van der Waals surface area contributed by atoms with Crippen molar-refractivity contribution in [3.05, 3.63) is 6.92 Å². The topological polar surface area (TPSA) is 128 Å². The van der Waals surface area contributed by atoms with Crippen molar-refractivity contribution in [2.24, 2.45) is 5.73 Å². The standard InChI is InChI=1S/C37H71N2O7/c1-5-7-9-11-13-15-17-19-21-26-35(41)45-31-33(46-36(42)27-22-20-18-16-14-12-10-8-6-2)30-39(29-32(3)40)28-24-23-25-34(38)37(43)44-4/h32-34,40H,3,5-31,38H2,1-2,4H3. The van der Waals surface area contributed by atoms with Crippen molar-refractivity contribution in [2.75, 3.05) is 33.4 Å². The van der Waals surface area contributed by atoms with Crippen molar-refractivity contribution < 1.29 is 33.7 Å². The Morgan fingerprint density at radius 1 is 0.696 bits per heavy atom.